The molecule has 0 saturated carbocycles. The number of hydrogen-bond acceptors (Lipinski definition) is 4. The molecule has 0 bridgehead atoms. The first kappa shape index (κ1) is 14.9. The predicted octanol–water partition coefficient (Wildman–Crippen LogP) is -0.254. The molecule has 6 heteroatoms. The van der Waals surface area contributed by atoms with E-state index in [1.54, 1.807) is 7.05 Å². The Morgan fingerprint density at radius 1 is 1.44 bits per heavy atom. The van der Waals surface area contributed by atoms with Crippen LogP contribution in [0.25, 0.3) is 0 Å². The van der Waals surface area contributed by atoms with Gasteiger partial charge >= 0.3 is 0 Å². The topological polar surface area (TPSA) is 87.5 Å². The lowest BCUT2D eigenvalue weighted by Crippen LogP contribution is -2.58. The molecule has 2 amide bonds. The van der Waals surface area contributed by atoms with Crippen molar-refractivity contribution in [1.82, 2.24) is 15.6 Å². The molecular weight excluding hydrogens is 232 g/mol. The fraction of sp³-hybridized carbons (Fsp3) is 0.833. The van der Waals surface area contributed by atoms with E-state index in [1.807, 2.05) is 11.8 Å². The number of likely N-dealkylation sites (tertiary alicyclic amines) is 1. The summed E-state index contributed by atoms with van der Waals surface area (Å²) in [5, 5.41) is 2.68. The molecule has 2 atom stereocenters. The lowest BCUT2D eigenvalue weighted by atomic mass is 9.97. The molecule has 1 fully saturated rings. The fourth-order valence-electron chi connectivity index (χ4n) is 2.59. The van der Waals surface area contributed by atoms with E-state index in [1.165, 1.54) is 0 Å². The molecule has 18 heavy (non-hydrogen) atoms. The SMILES string of the molecule is CCCC(C(=O)NN)N1CCCCC1C(=O)NC. The van der Waals surface area contributed by atoms with Crippen molar-refractivity contribution in [3.63, 3.8) is 0 Å². The average molecular weight is 256 g/mol. The molecule has 1 heterocycles. The van der Waals surface area contributed by atoms with E-state index in [-0.39, 0.29) is 23.9 Å². The van der Waals surface area contributed by atoms with Crippen LogP contribution in [0.1, 0.15) is 39.0 Å². The first-order chi connectivity index (χ1) is 8.65. The molecule has 104 valence electrons. The number of nitrogens with two attached hydrogens (primary N) is 1. The monoisotopic (exact) mass is 256 g/mol. The Morgan fingerprint density at radius 2 is 2.17 bits per heavy atom. The average Bonchev–Trinajstić information content (AvgIpc) is 2.43. The van der Waals surface area contributed by atoms with E-state index in [9.17, 15) is 9.59 Å². The normalized spacial score (nSPS) is 22.3. The van der Waals surface area contributed by atoms with Crippen molar-refractivity contribution in [3.8, 4) is 0 Å². The number of nitrogens with zero attached hydrogens (tertiary/aromatic N) is 1. The van der Waals surface area contributed by atoms with E-state index in [0.717, 1.165) is 38.6 Å². The molecule has 0 spiro atoms. The Bertz CT molecular complexity index is 296. The summed E-state index contributed by atoms with van der Waals surface area (Å²) in [5.74, 6) is 5.02. The van der Waals surface area contributed by atoms with Gasteiger partial charge in [-0.3, -0.25) is 19.9 Å². The van der Waals surface area contributed by atoms with Gasteiger partial charge in [0.15, 0.2) is 0 Å². The summed E-state index contributed by atoms with van der Waals surface area (Å²) in [5.41, 5.74) is 2.21. The zero-order valence-electron chi connectivity index (χ0n) is 11.2. The molecule has 0 radical (unpaired) electrons. The zero-order chi connectivity index (χ0) is 13.5. The Hall–Kier alpha value is -1.14. The number of likely N-dealkylation sites (N-methyl/N-ethyl adjacent to an activating group) is 1. The van der Waals surface area contributed by atoms with Gasteiger partial charge in [0.2, 0.25) is 5.91 Å². The number of carbonyl (C=O) groups is 2. The highest BCUT2D eigenvalue weighted by atomic mass is 16.2. The van der Waals surface area contributed by atoms with Gasteiger partial charge in [0.05, 0.1) is 12.1 Å². The first-order valence-corrected chi connectivity index (χ1v) is 6.63. The van der Waals surface area contributed by atoms with E-state index in [2.05, 4.69) is 10.7 Å². The summed E-state index contributed by atoms with van der Waals surface area (Å²) in [7, 11) is 1.63. The van der Waals surface area contributed by atoms with Gasteiger partial charge in [-0.1, -0.05) is 19.8 Å². The molecule has 0 aromatic heterocycles. The third kappa shape index (κ3) is 3.43. The molecule has 6 nitrogen and oxygen atoms in total. The van der Waals surface area contributed by atoms with E-state index in [4.69, 9.17) is 5.84 Å². The molecule has 1 saturated heterocycles. The van der Waals surface area contributed by atoms with Gasteiger partial charge in [0.1, 0.15) is 0 Å². The van der Waals surface area contributed by atoms with Crippen LogP contribution in [-0.2, 0) is 9.59 Å². The van der Waals surface area contributed by atoms with Gasteiger partial charge in [0, 0.05) is 7.05 Å². The van der Waals surface area contributed by atoms with Crippen molar-refractivity contribution in [2.45, 2.75) is 51.1 Å². The molecule has 2 unspecified atom stereocenters. The number of hydrazine groups is 1. The van der Waals surface area contributed by atoms with Gasteiger partial charge < -0.3 is 5.32 Å². The van der Waals surface area contributed by atoms with Crippen molar-refractivity contribution in [3.05, 3.63) is 0 Å². The van der Waals surface area contributed by atoms with Crippen LogP contribution in [0.2, 0.25) is 0 Å². The highest BCUT2D eigenvalue weighted by molar-refractivity contribution is 5.85. The Balaban J connectivity index is 2.84. The van der Waals surface area contributed by atoms with Gasteiger partial charge in [-0.25, -0.2) is 5.84 Å². The van der Waals surface area contributed by atoms with Crippen molar-refractivity contribution >= 4 is 11.8 Å². The Labute approximate surface area is 108 Å². The minimum Gasteiger partial charge on any atom is -0.358 e. The molecular formula is C12H24N4O2. The summed E-state index contributed by atoms with van der Waals surface area (Å²) in [6.45, 7) is 2.80. The van der Waals surface area contributed by atoms with Crippen molar-refractivity contribution in [1.29, 1.82) is 0 Å². The summed E-state index contributed by atoms with van der Waals surface area (Å²) in [6, 6.07) is -0.514. The largest absolute Gasteiger partial charge is 0.358 e. The fourth-order valence-corrected chi connectivity index (χ4v) is 2.59. The number of piperidine rings is 1. The van der Waals surface area contributed by atoms with Crippen molar-refractivity contribution in [2.24, 2.45) is 5.84 Å². The van der Waals surface area contributed by atoms with Crippen LogP contribution < -0.4 is 16.6 Å². The number of carbonyl (C=O) groups excluding carboxylic acids is 2. The number of rotatable bonds is 5. The third-order valence-electron chi connectivity index (χ3n) is 3.50. The summed E-state index contributed by atoms with van der Waals surface area (Å²) in [6.07, 6.45) is 4.45. The van der Waals surface area contributed by atoms with E-state index >= 15 is 0 Å². The highest BCUT2D eigenvalue weighted by Gasteiger charge is 2.35. The number of amides is 2. The lowest BCUT2D eigenvalue weighted by molar-refractivity contribution is -0.134. The molecule has 0 aliphatic carbocycles. The van der Waals surface area contributed by atoms with E-state index in [0.29, 0.717) is 0 Å². The minimum atomic E-state index is -0.303. The highest BCUT2D eigenvalue weighted by Crippen LogP contribution is 2.22. The van der Waals surface area contributed by atoms with E-state index < -0.39 is 0 Å². The number of nitrogens with one attached hydrogen (secondary N) is 2. The second kappa shape index (κ2) is 7.33. The summed E-state index contributed by atoms with van der Waals surface area (Å²) in [4.78, 5) is 25.7. The van der Waals surface area contributed by atoms with Crippen LogP contribution in [0, 0.1) is 0 Å². The van der Waals surface area contributed by atoms with Crippen LogP contribution >= 0.6 is 0 Å². The van der Waals surface area contributed by atoms with Crippen molar-refractivity contribution in [2.75, 3.05) is 13.6 Å². The summed E-state index contributed by atoms with van der Waals surface area (Å²) >= 11 is 0. The quantitative estimate of drug-likeness (QED) is 0.359. The maximum absolute atomic E-state index is 11.9. The van der Waals surface area contributed by atoms with Gasteiger partial charge in [-0.2, -0.15) is 0 Å². The van der Waals surface area contributed by atoms with Gasteiger partial charge in [-0.15, -0.1) is 0 Å². The minimum absolute atomic E-state index is 0.0133. The standard InChI is InChI=1S/C12H24N4O2/c1-3-6-9(12(18)15-13)16-8-5-4-7-10(16)11(17)14-2/h9-10H,3-8,13H2,1-2H3,(H,14,17)(H,15,18). The molecule has 0 aromatic carbocycles. The Kier molecular flexibility index (Phi) is 6.07. The lowest BCUT2D eigenvalue weighted by Gasteiger charge is -2.39. The molecule has 1 aliphatic heterocycles. The molecule has 0 aromatic rings. The van der Waals surface area contributed by atoms with Gasteiger partial charge in [-0.05, 0) is 25.8 Å². The smallest absolute Gasteiger partial charge is 0.251 e. The van der Waals surface area contributed by atoms with Crippen molar-refractivity contribution < 1.29 is 9.59 Å². The molecule has 1 aliphatic rings. The Morgan fingerprint density at radius 3 is 2.72 bits per heavy atom. The van der Waals surface area contributed by atoms with Crippen LogP contribution in [0.15, 0.2) is 0 Å². The van der Waals surface area contributed by atoms with Crippen LogP contribution in [0.4, 0.5) is 0 Å². The third-order valence-corrected chi connectivity index (χ3v) is 3.50. The first-order valence-electron chi connectivity index (χ1n) is 6.63. The molecule has 1 rings (SSSR count). The second-order valence-corrected chi connectivity index (χ2v) is 4.68. The second-order valence-electron chi connectivity index (χ2n) is 4.68. The van der Waals surface area contributed by atoms with Crippen LogP contribution in [0.3, 0.4) is 0 Å². The zero-order valence-corrected chi connectivity index (χ0v) is 11.2. The van der Waals surface area contributed by atoms with Gasteiger partial charge in [0.25, 0.3) is 5.91 Å². The van der Waals surface area contributed by atoms with Crippen LogP contribution in [0.5, 0.6) is 0 Å². The molecule has 4 N–H and O–H groups in total. The predicted molar refractivity (Wildman–Crippen MR) is 69.4 cm³/mol. The maximum atomic E-state index is 11.9. The summed E-state index contributed by atoms with van der Waals surface area (Å²) < 4.78 is 0. The maximum Gasteiger partial charge on any atom is 0.251 e. The number of hydrogen-bond donors (Lipinski definition) is 3. The van der Waals surface area contributed by atoms with Crippen LogP contribution in [-0.4, -0.2) is 42.4 Å².